The number of nitrogens with zero attached hydrogens (tertiary/aromatic N) is 3. The SMILES string of the molecule is CN1CCN(C(=O)CC2CCN(S(=O)(=O)c3ccccc3)CC2)CC1. The van der Waals surface area contributed by atoms with Crippen molar-refractivity contribution < 1.29 is 13.2 Å². The first-order valence-corrected chi connectivity index (χ1v) is 10.4. The number of likely N-dealkylation sites (N-methyl/N-ethyl adjacent to an activating group) is 1. The average molecular weight is 365 g/mol. The smallest absolute Gasteiger partial charge is 0.243 e. The number of carbonyl (C=O) groups excluding carboxylic acids is 1. The highest BCUT2D eigenvalue weighted by Crippen LogP contribution is 2.26. The third-order valence-electron chi connectivity index (χ3n) is 5.27. The second-order valence-electron chi connectivity index (χ2n) is 7.05. The zero-order valence-corrected chi connectivity index (χ0v) is 15.6. The summed E-state index contributed by atoms with van der Waals surface area (Å²) in [6.45, 7) is 4.46. The molecule has 0 spiro atoms. The van der Waals surface area contributed by atoms with Gasteiger partial charge < -0.3 is 9.80 Å². The van der Waals surface area contributed by atoms with Crippen molar-refractivity contribution in [1.82, 2.24) is 14.1 Å². The number of hydrogen-bond acceptors (Lipinski definition) is 4. The first-order chi connectivity index (χ1) is 12.0. The average Bonchev–Trinajstić information content (AvgIpc) is 2.63. The fourth-order valence-electron chi connectivity index (χ4n) is 3.53. The second-order valence-corrected chi connectivity index (χ2v) is 8.99. The summed E-state index contributed by atoms with van der Waals surface area (Å²) in [5.41, 5.74) is 0. The van der Waals surface area contributed by atoms with Gasteiger partial charge in [-0.3, -0.25) is 4.79 Å². The molecule has 0 aromatic heterocycles. The van der Waals surface area contributed by atoms with Crippen molar-refractivity contribution in [3.05, 3.63) is 30.3 Å². The number of sulfonamides is 1. The Hall–Kier alpha value is -1.44. The van der Waals surface area contributed by atoms with E-state index in [4.69, 9.17) is 0 Å². The lowest BCUT2D eigenvalue weighted by Crippen LogP contribution is -2.48. The maximum absolute atomic E-state index is 12.6. The summed E-state index contributed by atoms with van der Waals surface area (Å²) in [4.78, 5) is 17.0. The van der Waals surface area contributed by atoms with Gasteiger partial charge in [-0.2, -0.15) is 4.31 Å². The summed E-state index contributed by atoms with van der Waals surface area (Å²) in [5.74, 6) is 0.506. The van der Waals surface area contributed by atoms with Crippen molar-refractivity contribution in [2.75, 3.05) is 46.3 Å². The van der Waals surface area contributed by atoms with E-state index >= 15 is 0 Å². The van der Waals surface area contributed by atoms with E-state index in [0.29, 0.717) is 24.4 Å². The van der Waals surface area contributed by atoms with Gasteiger partial charge in [0, 0.05) is 45.7 Å². The molecule has 0 unspecified atom stereocenters. The normalized spacial score (nSPS) is 21.4. The van der Waals surface area contributed by atoms with Gasteiger partial charge in [0.25, 0.3) is 0 Å². The van der Waals surface area contributed by atoms with Gasteiger partial charge in [-0.25, -0.2) is 8.42 Å². The van der Waals surface area contributed by atoms with Gasteiger partial charge in [0.1, 0.15) is 0 Å². The monoisotopic (exact) mass is 365 g/mol. The Balaban J connectivity index is 1.51. The van der Waals surface area contributed by atoms with Crippen molar-refractivity contribution in [1.29, 1.82) is 0 Å². The van der Waals surface area contributed by atoms with E-state index in [1.165, 1.54) is 0 Å². The van der Waals surface area contributed by atoms with E-state index in [0.717, 1.165) is 39.0 Å². The molecule has 1 aromatic rings. The number of carbonyl (C=O) groups is 1. The van der Waals surface area contributed by atoms with Gasteiger partial charge in [0.15, 0.2) is 0 Å². The quantitative estimate of drug-likeness (QED) is 0.806. The van der Waals surface area contributed by atoms with Crippen LogP contribution in [0.1, 0.15) is 19.3 Å². The molecule has 25 heavy (non-hydrogen) atoms. The minimum absolute atomic E-state index is 0.220. The zero-order valence-electron chi connectivity index (χ0n) is 14.8. The van der Waals surface area contributed by atoms with E-state index in [2.05, 4.69) is 11.9 Å². The molecule has 1 aromatic carbocycles. The number of hydrogen-bond donors (Lipinski definition) is 0. The van der Waals surface area contributed by atoms with Gasteiger partial charge in [0.2, 0.25) is 15.9 Å². The summed E-state index contributed by atoms with van der Waals surface area (Å²) < 4.78 is 26.8. The molecule has 6 nitrogen and oxygen atoms in total. The lowest BCUT2D eigenvalue weighted by atomic mass is 9.94. The van der Waals surface area contributed by atoms with Crippen LogP contribution in [0.25, 0.3) is 0 Å². The number of rotatable bonds is 4. The van der Waals surface area contributed by atoms with Gasteiger partial charge in [0.05, 0.1) is 4.90 Å². The predicted molar refractivity (Wildman–Crippen MR) is 96.6 cm³/mol. The molecule has 0 radical (unpaired) electrons. The number of amides is 1. The molecule has 7 heteroatoms. The Morgan fingerprint density at radius 3 is 2.20 bits per heavy atom. The molecule has 2 saturated heterocycles. The lowest BCUT2D eigenvalue weighted by Gasteiger charge is -2.35. The minimum Gasteiger partial charge on any atom is -0.340 e. The molecule has 1 amide bonds. The highest BCUT2D eigenvalue weighted by Gasteiger charge is 2.31. The molecule has 0 saturated carbocycles. The van der Waals surface area contributed by atoms with Gasteiger partial charge in [-0.15, -0.1) is 0 Å². The number of benzene rings is 1. The van der Waals surface area contributed by atoms with Crippen molar-refractivity contribution in [2.45, 2.75) is 24.2 Å². The fraction of sp³-hybridized carbons (Fsp3) is 0.611. The Labute approximate surface area is 150 Å². The molecule has 2 aliphatic heterocycles. The maximum Gasteiger partial charge on any atom is 0.243 e. The highest BCUT2D eigenvalue weighted by molar-refractivity contribution is 7.89. The molecule has 2 aliphatic rings. The molecule has 138 valence electrons. The Morgan fingerprint density at radius 1 is 1.00 bits per heavy atom. The fourth-order valence-corrected chi connectivity index (χ4v) is 5.02. The maximum atomic E-state index is 12.6. The third kappa shape index (κ3) is 4.40. The number of piperazine rings is 1. The van der Waals surface area contributed by atoms with Crippen LogP contribution in [-0.2, 0) is 14.8 Å². The summed E-state index contributed by atoms with van der Waals surface area (Å²) >= 11 is 0. The van der Waals surface area contributed by atoms with Crippen molar-refractivity contribution in [3.63, 3.8) is 0 Å². The summed E-state index contributed by atoms with van der Waals surface area (Å²) in [6, 6.07) is 8.58. The summed E-state index contributed by atoms with van der Waals surface area (Å²) in [6.07, 6.45) is 2.06. The topological polar surface area (TPSA) is 60.9 Å². The van der Waals surface area contributed by atoms with Crippen LogP contribution in [-0.4, -0.2) is 74.7 Å². The Bertz CT molecular complexity index is 677. The van der Waals surface area contributed by atoms with E-state index in [1.807, 2.05) is 11.0 Å². The number of piperidine rings is 1. The standard InChI is InChI=1S/C18H27N3O3S/c1-19-11-13-20(14-12-19)18(22)15-16-7-9-21(10-8-16)25(23,24)17-5-3-2-4-6-17/h2-6,16H,7-15H2,1H3. The first-order valence-electron chi connectivity index (χ1n) is 8.98. The van der Waals surface area contributed by atoms with E-state index < -0.39 is 10.0 Å². The van der Waals surface area contributed by atoms with Gasteiger partial charge >= 0.3 is 0 Å². The van der Waals surface area contributed by atoms with Crippen LogP contribution in [0.5, 0.6) is 0 Å². The molecular formula is C18H27N3O3S. The molecule has 0 N–H and O–H groups in total. The molecule has 0 atom stereocenters. The van der Waals surface area contributed by atoms with Gasteiger partial charge in [-0.1, -0.05) is 18.2 Å². The Morgan fingerprint density at radius 2 is 1.60 bits per heavy atom. The van der Waals surface area contributed by atoms with Crippen LogP contribution in [0.3, 0.4) is 0 Å². The predicted octanol–water partition coefficient (Wildman–Crippen LogP) is 1.25. The van der Waals surface area contributed by atoms with E-state index in [1.54, 1.807) is 28.6 Å². The van der Waals surface area contributed by atoms with Crippen molar-refractivity contribution in [2.24, 2.45) is 5.92 Å². The minimum atomic E-state index is -3.41. The van der Waals surface area contributed by atoms with Crippen LogP contribution in [0, 0.1) is 5.92 Å². The van der Waals surface area contributed by atoms with Gasteiger partial charge in [-0.05, 0) is 37.9 Å². The van der Waals surface area contributed by atoms with E-state index in [-0.39, 0.29) is 11.8 Å². The lowest BCUT2D eigenvalue weighted by molar-refractivity contribution is -0.134. The third-order valence-corrected chi connectivity index (χ3v) is 7.19. The van der Waals surface area contributed by atoms with Crippen LogP contribution in [0.15, 0.2) is 35.2 Å². The molecule has 0 bridgehead atoms. The van der Waals surface area contributed by atoms with Crippen LogP contribution >= 0.6 is 0 Å². The van der Waals surface area contributed by atoms with Crippen LogP contribution in [0.2, 0.25) is 0 Å². The van der Waals surface area contributed by atoms with Crippen molar-refractivity contribution in [3.8, 4) is 0 Å². The second kappa shape index (κ2) is 7.85. The highest BCUT2D eigenvalue weighted by atomic mass is 32.2. The summed E-state index contributed by atoms with van der Waals surface area (Å²) in [5, 5.41) is 0. The first kappa shape index (κ1) is 18.4. The largest absolute Gasteiger partial charge is 0.340 e. The Kier molecular flexibility index (Phi) is 5.76. The molecule has 2 heterocycles. The van der Waals surface area contributed by atoms with Crippen molar-refractivity contribution >= 4 is 15.9 Å². The van der Waals surface area contributed by atoms with Crippen LogP contribution in [0.4, 0.5) is 0 Å². The molecular weight excluding hydrogens is 338 g/mol. The summed E-state index contributed by atoms with van der Waals surface area (Å²) in [7, 11) is -1.33. The molecule has 2 fully saturated rings. The molecule has 3 rings (SSSR count). The zero-order chi connectivity index (χ0) is 17.9. The van der Waals surface area contributed by atoms with E-state index in [9.17, 15) is 13.2 Å². The molecule has 0 aliphatic carbocycles. The van der Waals surface area contributed by atoms with Crippen LogP contribution < -0.4 is 0 Å².